The third-order valence-electron chi connectivity index (χ3n) is 4.93. The highest BCUT2D eigenvalue weighted by molar-refractivity contribution is 5.99. The topological polar surface area (TPSA) is 47.6 Å². The third-order valence-corrected chi connectivity index (χ3v) is 4.93. The Labute approximate surface area is 150 Å². The van der Waals surface area contributed by atoms with Crippen LogP contribution in [0.5, 0.6) is 5.75 Å². The molecule has 3 rings (SSSR count). The van der Waals surface area contributed by atoms with Gasteiger partial charge in [-0.2, -0.15) is 13.2 Å². The van der Waals surface area contributed by atoms with Crippen molar-refractivity contribution < 1.29 is 27.4 Å². The molecule has 1 N–H and O–H groups in total. The van der Waals surface area contributed by atoms with E-state index in [4.69, 9.17) is 9.47 Å². The van der Waals surface area contributed by atoms with Gasteiger partial charge in [-0.3, -0.25) is 4.79 Å². The van der Waals surface area contributed by atoms with E-state index in [-0.39, 0.29) is 31.5 Å². The van der Waals surface area contributed by atoms with Crippen LogP contribution < -0.4 is 10.1 Å². The van der Waals surface area contributed by atoms with Gasteiger partial charge in [0, 0.05) is 17.7 Å². The fourth-order valence-electron chi connectivity index (χ4n) is 3.53. The first kappa shape index (κ1) is 18.8. The maximum absolute atomic E-state index is 12.7. The van der Waals surface area contributed by atoms with Crippen molar-refractivity contribution >= 4 is 11.6 Å². The lowest BCUT2D eigenvalue weighted by Gasteiger charge is -2.30. The number of amides is 1. The minimum atomic E-state index is -4.11. The molecule has 0 atom stereocenters. The van der Waals surface area contributed by atoms with Crippen LogP contribution in [0.4, 0.5) is 18.9 Å². The van der Waals surface area contributed by atoms with Gasteiger partial charge in [-0.25, -0.2) is 0 Å². The minimum Gasteiger partial charge on any atom is -0.493 e. The smallest absolute Gasteiger partial charge is 0.391 e. The van der Waals surface area contributed by atoms with Crippen molar-refractivity contribution in [2.45, 2.75) is 51.0 Å². The van der Waals surface area contributed by atoms with Gasteiger partial charge in [0.25, 0.3) is 0 Å². The highest BCUT2D eigenvalue weighted by atomic mass is 19.4. The van der Waals surface area contributed by atoms with Crippen molar-refractivity contribution in [3.05, 3.63) is 35.9 Å². The van der Waals surface area contributed by atoms with Gasteiger partial charge in [-0.05, 0) is 49.5 Å². The summed E-state index contributed by atoms with van der Waals surface area (Å²) in [6, 6.07) is 3.65. The molecule has 1 aromatic carbocycles. The third kappa shape index (κ3) is 4.38. The first-order valence-corrected chi connectivity index (χ1v) is 8.77. The Morgan fingerprint density at radius 3 is 2.69 bits per heavy atom. The number of alkyl halides is 3. The summed E-state index contributed by atoms with van der Waals surface area (Å²) in [6.07, 6.45) is -1.33. The van der Waals surface area contributed by atoms with E-state index in [2.05, 4.69) is 11.9 Å². The zero-order chi connectivity index (χ0) is 18.7. The van der Waals surface area contributed by atoms with Crippen LogP contribution >= 0.6 is 0 Å². The number of hydrogen-bond acceptors (Lipinski definition) is 3. The average Bonchev–Trinajstić information content (AvgIpc) is 3.07. The summed E-state index contributed by atoms with van der Waals surface area (Å²) >= 11 is 0. The molecule has 0 radical (unpaired) electrons. The number of carbonyl (C=O) groups is 1. The van der Waals surface area contributed by atoms with Gasteiger partial charge in [0.1, 0.15) is 5.75 Å². The Morgan fingerprint density at radius 1 is 1.31 bits per heavy atom. The number of hydrogen-bond donors (Lipinski definition) is 1. The van der Waals surface area contributed by atoms with Crippen LogP contribution in [-0.2, 0) is 22.6 Å². The normalized spacial score (nSPS) is 22.4. The van der Waals surface area contributed by atoms with Crippen LogP contribution in [-0.4, -0.2) is 24.8 Å². The predicted molar refractivity (Wildman–Crippen MR) is 91.1 cm³/mol. The summed E-state index contributed by atoms with van der Waals surface area (Å²) in [5, 5.41) is 2.73. The number of fused-ring (bicyclic) bond motifs is 1. The molecule has 0 saturated heterocycles. The molecule has 1 aliphatic carbocycles. The first-order chi connectivity index (χ1) is 12.4. The Bertz CT molecular complexity index is 679. The zero-order valence-corrected chi connectivity index (χ0v) is 14.4. The summed E-state index contributed by atoms with van der Waals surface area (Å²) in [6.45, 7) is 4.25. The van der Waals surface area contributed by atoms with Gasteiger partial charge in [-0.1, -0.05) is 6.58 Å². The first-order valence-electron chi connectivity index (χ1n) is 8.77. The van der Waals surface area contributed by atoms with E-state index in [1.165, 1.54) is 6.08 Å². The summed E-state index contributed by atoms with van der Waals surface area (Å²) in [5.41, 5.74) is 2.43. The van der Waals surface area contributed by atoms with Crippen LogP contribution in [0.2, 0.25) is 0 Å². The van der Waals surface area contributed by atoms with E-state index in [9.17, 15) is 18.0 Å². The molecule has 1 heterocycles. The molecule has 1 saturated carbocycles. The molecule has 2 aliphatic rings. The maximum Gasteiger partial charge on any atom is 0.391 e. The number of nitrogens with one attached hydrogen (secondary N) is 1. The lowest BCUT2D eigenvalue weighted by Crippen LogP contribution is -2.30. The molecule has 0 unspecified atom stereocenters. The van der Waals surface area contributed by atoms with E-state index in [0.717, 1.165) is 23.3 Å². The van der Waals surface area contributed by atoms with Crippen molar-refractivity contribution in [3.63, 3.8) is 0 Å². The summed E-state index contributed by atoms with van der Waals surface area (Å²) in [5.74, 6) is -0.765. The van der Waals surface area contributed by atoms with Gasteiger partial charge in [0.05, 0.1) is 25.2 Å². The standard InChI is InChI=1S/C19H22F3NO3/c1-2-17(24)23-15-9-12-7-8-25-18(12)13(10-15)11-26-16-5-3-14(4-6-16)19(20,21)22/h2,9-10,14,16H,1,3-8,11H2,(H,23,24). The number of carbonyl (C=O) groups excluding carboxylic acids is 1. The van der Waals surface area contributed by atoms with E-state index in [0.29, 0.717) is 25.1 Å². The number of anilines is 1. The van der Waals surface area contributed by atoms with Crippen molar-refractivity contribution in [1.82, 2.24) is 0 Å². The van der Waals surface area contributed by atoms with Gasteiger partial charge in [0.2, 0.25) is 5.91 Å². The lowest BCUT2D eigenvalue weighted by atomic mass is 9.87. The Balaban J connectivity index is 1.63. The Hall–Kier alpha value is -2.02. The van der Waals surface area contributed by atoms with E-state index in [1.54, 1.807) is 6.07 Å². The molecule has 1 aromatic rings. The molecule has 1 fully saturated rings. The summed E-state index contributed by atoms with van der Waals surface area (Å²) in [4.78, 5) is 11.5. The largest absolute Gasteiger partial charge is 0.493 e. The van der Waals surface area contributed by atoms with Crippen molar-refractivity contribution in [3.8, 4) is 5.75 Å². The quantitative estimate of drug-likeness (QED) is 0.784. The van der Waals surface area contributed by atoms with E-state index in [1.807, 2.05) is 6.07 Å². The van der Waals surface area contributed by atoms with Crippen LogP contribution in [0.25, 0.3) is 0 Å². The second kappa shape index (κ2) is 7.70. The molecule has 0 spiro atoms. The zero-order valence-electron chi connectivity index (χ0n) is 14.4. The van der Waals surface area contributed by atoms with Crippen molar-refractivity contribution in [2.24, 2.45) is 5.92 Å². The van der Waals surface area contributed by atoms with Crippen LogP contribution in [0.15, 0.2) is 24.8 Å². The lowest BCUT2D eigenvalue weighted by molar-refractivity contribution is -0.188. The van der Waals surface area contributed by atoms with E-state index < -0.39 is 12.1 Å². The molecule has 26 heavy (non-hydrogen) atoms. The maximum atomic E-state index is 12.7. The SMILES string of the molecule is C=CC(=O)Nc1cc2c(c(COC3CCC(C(F)(F)F)CC3)c1)OCC2. The highest BCUT2D eigenvalue weighted by Crippen LogP contribution is 2.39. The van der Waals surface area contributed by atoms with Crippen LogP contribution in [0.1, 0.15) is 36.8 Å². The fourth-order valence-corrected chi connectivity index (χ4v) is 3.53. The molecule has 4 nitrogen and oxygen atoms in total. The van der Waals surface area contributed by atoms with Gasteiger partial charge < -0.3 is 14.8 Å². The molecule has 7 heteroatoms. The second-order valence-electron chi connectivity index (χ2n) is 6.74. The van der Waals surface area contributed by atoms with E-state index >= 15 is 0 Å². The molecule has 0 aromatic heterocycles. The second-order valence-corrected chi connectivity index (χ2v) is 6.74. The Kier molecular flexibility index (Phi) is 5.55. The van der Waals surface area contributed by atoms with Gasteiger partial charge in [0.15, 0.2) is 0 Å². The van der Waals surface area contributed by atoms with Crippen LogP contribution in [0.3, 0.4) is 0 Å². The summed E-state index contributed by atoms with van der Waals surface area (Å²) < 4.78 is 49.8. The molecule has 142 valence electrons. The monoisotopic (exact) mass is 369 g/mol. The fraction of sp³-hybridized carbons (Fsp3) is 0.526. The molecular weight excluding hydrogens is 347 g/mol. The van der Waals surface area contributed by atoms with Crippen molar-refractivity contribution in [2.75, 3.05) is 11.9 Å². The number of ether oxygens (including phenoxy) is 2. The molecule has 1 amide bonds. The van der Waals surface area contributed by atoms with Gasteiger partial charge in [-0.15, -0.1) is 0 Å². The Morgan fingerprint density at radius 2 is 2.04 bits per heavy atom. The number of benzene rings is 1. The average molecular weight is 369 g/mol. The number of rotatable bonds is 5. The van der Waals surface area contributed by atoms with Crippen molar-refractivity contribution in [1.29, 1.82) is 0 Å². The van der Waals surface area contributed by atoms with Crippen LogP contribution in [0, 0.1) is 5.92 Å². The molecule has 0 bridgehead atoms. The molecule has 1 aliphatic heterocycles. The predicted octanol–water partition coefficient (Wildman–Crippen LogP) is 4.38. The molecular formula is C19H22F3NO3. The minimum absolute atomic E-state index is 0.109. The summed E-state index contributed by atoms with van der Waals surface area (Å²) in [7, 11) is 0. The number of halogens is 3. The van der Waals surface area contributed by atoms with Gasteiger partial charge >= 0.3 is 6.18 Å². The highest BCUT2D eigenvalue weighted by Gasteiger charge is 2.41.